The van der Waals surface area contributed by atoms with Gasteiger partial charge in [0, 0.05) is 12.0 Å². The number of hydrazone groups is 1. The van der Waals surface area contributed by atoms with Gasteiger partial charge in [0.2, 0.25) is 0 Å². The number of Topliss-reactive ketones (excluding diaryl/α,β-unsaturated/α-hetero) is 1. The van der Waals surface area contributed by atoms with Gasteiger partial charge in [0.05, 0.1) is 17.7 Å². The summed E-state index contributed by atoms with van der Waals surface area (Å²) in [5.41, 5.74) is 3.24. The van der Waals surface area contributed by atoms with E-state index in [4.69, 9.17) is 0 Å². The van der Waals surface area contributed by atoms with Crippen LogP contribution in [0.25, 0.3) is 0 Å². The zero-order valence-electron chi connectivity index (χ0n) is 11.4. The van der Waals surface area contributed by atoms with Gasteiger partial charge >= 0.3 is 0 Å². The van der Waals surface area contributed by atoms with Crippen molar-refractivity contribution < 1.29 is 13.6 Å². The number of rotatable bonds is 1. The first-order valence-electron chi connectivity index (χ1n) is 6.69. The number of hydrogen-bond acceptors (Lipinski definition) is 3. The summed E-state index contributed by atoms with van der Waals surface area (Å²) in [4.78, 5) is 12.3. The van der Waals surface area contributed by atoms with Gasteiger partial charge in [0.15, 0.2) is 0 Å². The molecule has 0 aromatic heterocycles. The van der Waals surface area contributed by atoms with Gasteiger partial charge in [-0.2, -0.15) is 5.10 Å². The van der Waals surface area contributed by atoms with Crippen molar-refractivity contribution in [3.63, 3.8) is 0 Å². The first kappa shape index (κ1) is 13.2. The molecule has 20 heavy (non-hydrogen) atoms. The molecule has 5 heteroatoms. The number of nitrogens with one attached hydrogen (secondary N) is 1. The third kappa shape index (κ3) is 2.11. The van der Waals surface area contributed by atoms with Gasteiger partial charge < -0.3 is 5.43 Å². The fraction of sp³-hybridized carbons (Fsp3) is 0.467. The summed E-state index contributed by atoms with van der Waals surface area (Å²) in [6, 6.07) is 3.11. The number of carbonyl (C=O) groups is 1. The summed E-state index contributed by atoms with van der Waals surface area (Å²) in [5.74, 6) is -1.51. The van der Waals surface area contributed by atoms with Crippen LogP contribution in [-0.4, -0.2) is 17.5 Å². The van der Waals surface area contributed by atoms with Gasteiger partial charge in [-0.3, -0.25) is 4.79 Å². The largest absolute Gasteiger partial charge is 0.306 e. The Kier molecular flexibility index (Phi) is 2.88. The minimum atomic E-state index is -0.551. The third-order valence-corrected chi connectivity index (χ3v) is 4.02. The van der Waals surface area contributed by atoms with Crippen LogP contribution in [0.5, 0.6) is 0 Å². The van der Waals surface area contributed by atoms with Gasteiger partial charge in [-0.1, -0.05) is 13.8 Å². The van der Waals surface area contributed by atoms with Crippen LogP contribution in [0.15, 0.2) is 23.3 Å². The van der Waals surface area contributed by atoms with Crippen LogP contribution >= 0.6 is 0 Å². The monoisotopic (exact) mass is 278 g/mol. The summed E-state index contributed by atoms with van der Waals surface area (Å²) < 4.78 is 27.2. The highest BCUT2D eigenvalue weighted by Crippen LogP contribution is 2.39. The molecule has 0 amide bonds. The Morgan fingerprint density at radius 3 is 2.85 bits per heavy atom. The average molecular weight is 278 g/mol. The molecule has 1 aliphatic carbocycles. The summed E-state index contributed by atoms with van der Waals surface area (Å²) >= 11 is 0. The first-order valence-corrected chi connectivity index (χ1v) is 6.69. The van der Waals surface area contributed by atoms with Crippen molar-refractivity contribution in [3.8, 4) is 0 Å². The average Bonchev–Trinajstić information content (AvgIpc) is 2.74. The Balaban J connectivity index is 1.97. The van der Waals surface area contributed by atoms with Crippen LogP contribution < -0.4 is 5.43 Å². The third-order valence-electron chi connectivity index (χ3n) is 4.02. The SMILES string of the molecule is CC1(C)CC(=O)[C@@H]2C(c3cc(F)ccc3F)=NN[C@H]2C1. The predicted molar refractivity (Wildman–Crippen MR) is 71.3 cm³/mol. The van der Waals surface area contributed by atoms with Gasteiger partial charge in [0.25, 0.3) is 0 Å². The fourth-order valence-corrected chi connectivity index (χ4v) is 3.20. The molecule has 0 radical (unpaired) electrons. The predicted octanol–water partition coefficient (Wildman–Crippen LogP) is 2.65. The number of carbonyl (C=O) groups excluding carboxylic acids is 1. The Labute approximate surface area is 116 Å². The number of halogens is 2. The van der Waals surface area contributed by atoms with Crippen LogP contribution in [-0.2, 0) is 4.79 Å². The standard InChI is InChI=1S/C15H16F2N2O/c1-15(2)6-11-13(12(20)7-15)14(19-18-11)9-5-8(16)3-4-10(9)17/h3-5,11,13,18H,6-7H2,1-2H3/t11-,13+/m0/s1. The topological polar surface area (TPSA) is 41.5 Å². The van der Waals surface area contributed by atoms with Crippen molar-refractivity contribution >= 4 is 11.5 Å². The molecule has 0 spiro atoms. The second-order valence-corrected chi connectivity index (χ2v) is 6.35. The van der Waals surface area contributed by atoms with Gasteiger partial charge in [-0.15, -0.1) is 0 Å². The molecule has 1 fully saturated rings. The summed E-state index contributed by atoms with van der Waals surface area (Å²) in [6.45, 7) is 4.06. The lowest BCUT2D eigenvalue weighted by Gasteiger charge is -2.36. The van der Waals surface area contributed by atoms with E-state index in [0.29, 0.717) is 12.1 Å². The molecule has 3 rings (SSSR count). The van der Waals surface area contributed by atoms with E-state index in [-0.39, 0.29) is 22.8 Å². The molecule has 1 aromatic rings. The quantitative estimate of drug-likeness (QED) is 0.858. The number of benzene rings is 1. The molecule has 3 nitrogen and oxygen atoms in total. The smallest absolute Gasteiger partial charge is 0.144 e. The zero-order chi connectivity index (χ0) is 14.5. The summed E-state index contributed by atoms with van der Waals surface area (Å²) in [6.07, 6.45) is 1.22. The molecule has 1 heterocycles. The van der Waals surface area contributed by atoms with Crippen LogP contribution in [0.2, 0.25) is 0 Å². The van der Waals surface area contributed by atoms with E-state index in [2.05, 4.69) is 10.5 Å². The highest BCUT2D eigenvalue weighted by atomic mass is 19.1. The molecule has 106 valence electrons. The molecule has 1 aliphatic heterocycles. The minimum absolute atomic E-state index is 0.0404. The molecule has 1 aromatic carbocycles. The Morgan fingerprint density at radius 1 is 1.35 bits per heavy atom. The maximum atomic E-state index is 13.9. The molecule has 1 N–H and O–H groups in total. The van der Waals surface area contributed by atoms with Gasteiger partial charge in [-0.25, -0.2) is 8.78 Å². The lowest BCUT2D eigenvalue weighted by Crippen LogP contribution is -2.45. The van der Waals surface area contributed by atoms with Crippen LogP contribution in [0, 0.1) is 23.0 Å². The molecule has 1 saturated carbocycles. The molecular weight excluding hydrogens is 262 g/mol. The molecular formula is C15H16F2N2O. The van der Waals surface area contributed by atoms with E-state index in [1.165, 1.54) is 0 Å². The maximum absolute atomic E-state index is 13.9. The van der Waals surface area contributed by atoms with Crippen molar-refractivity contribution in [3.05, 3.63) is 35.4 Å². The van der Waals surface area contributed by atoms with Crippen LogP contribution in [0.3, 0.4) is 0 Å². The van der Waals surface area contributed by atoms with Crippen molar-refractivity contribution in [2.75, 3.05) is 0 Å². The van der Waals surface area contributed by atoms with Gasteiger partial charge in [0.1, 0.15) is 17.4 Å². The van der Waals surface area contributed by atoms with E-state index in [1.807, 2.05) is 13.8 Å². The van der Waals surface area contributed by atoms with Crippen LogP contribution in [0.4, 0.5) is 8.78 Å². The Bertz CT molecular complexity index is 610. The number of ketones is 1. The van der Waals surface area contributed by atoms with E-state index in [1.54, 1.807) is 0 Å². The highest BCUT2D eigenvalue weighted by Gasteiger charge is 2.46. The van der Waals surface area contributed by atoms with E-state index in [0.717, 1.165) is 24.6 Å². The minimum Gasteiger partial charge on any atom is -0.306 e. The highest BCUT2D eigenvalue weighted by molar-refractivity contribution is 6.15. The molecule has 0 saturated heterocycles. The van der Waals surface area contributed by atoms with Gasteiger partial charge in [-0.05, 0) is 30.0 Å². The zero-order valence-corrected chi connectivity index (χ0v) is 11.4. The maximum Gasteiger partial charge on any atom is 0.144 e. The number of nitrogens with zero attached hydrogens (tertiary/aromatic N) is 1. The normalized spacial score (nSPS) is 27.8. The Hall–Kier alpha value is -1.78. The molecule has 2 atom stereocenters. The Morgan fingerprint density at radius 2 is 2.10 bits per heavy atom. The number of hydrogen-bond donors (Lipinski definition) is 1. The fourth-order valence-electron chi connectivity index (χ4n) is 3.20. The van der Waals surface area contributed by atoms with Crippen molar-refractivity contribution in [1.82, 2.24) is 5.43 Å². The molecule has 0 unspecified atom stereocenters. The van der Waals surface area contributed by atoms with Crippen LogP contribution in [0.1, 0.15) is 32.3 Å². The lowest BCUT2D eigenvalue weighted by atomic mass is 9.68. The second kappa shape index (κ2) is 4.36. The van der Waals surface area contributed by atoms with Crippen molar-refractivity contribution in [2.24, 2.45) is 16.4 Å². The molecule has 0 bridgehead atoms. The first-order chi connectivity index (χ1) is 9.37. The lowest BCUT2D eigenvalue weighted by molar-refractivity contribution is -0.126. The number of fused-ring (bicyclic) bond motifs is 1. The second-order valence-electron chi connectivity index (χ2n) is 6.35. The van der Waals surface area contributed by atoms with Crippen molar-refractivity contribution in [2.45, 2.75) is 32.7 Å². The summed E-state index contributed by atoms with van der Waals surface area (Å²) in [7, 11) is 0. The summed E-state index contributed by atoms with van der Waals surface area (Å²) in [5, 5.41) is 4.11. The van der Waals surface area contributed by atoms with E-state index >= 15 is 0 Å². The van der Waals surface area contributed by atoms with Crippen molar-refractivity contribution in [1.29, 1.82) is 0 Å². The van der Waals surface area contributed by atoms with E-state index in [9.17, 15) is 13.6 Å². The molecule has 2 aliphatic rings. The van der Waals surface area contributed by atoms with E-state index < -0.39 is 17.6 Å².